The summed E-state index contributed by atoms with van der Waals surface area (Å²) in [6.45, 7) is 5.85. The van der Waals surface area contributed by atoms with E-state index in [2.05, 4.69) is 22.0 Å². The van der Waals surface area contributed by atoms with Gasteiger partial charge in [-0.15, -0.1) is 0 Å². The lowest BCUT2D eigenvalue weighted by Crippen LogP contribution is -2.45. The van der Waals surface area contributed by atoms with E-state index >= 15 is 0 Å². The van der Waals surface area contributed by atoms with Crippen molar-refractivity contribution < 1.29 is 22.1 Å². The topological polar surface area (TPSA) is 79.1 Å². The van der Waals surface area contributed by atoms with Gasteiger partial charge >= 0.3 is 0 Å². The van der Waals surface area contributed by atoms with Crippen LogP contribution < -0.4 is 4.90 Å². The fourth-order valence-corrected chi connectivity index (χ4v) is 5.69. The summed E-state index contributed by atoms with van der Waals surface area (Å²) in [5.74, 6) is 0.199. The number of hydrogen-bond acceptors (Lipinski definition) is 7. The average molecular weight is 517 g/mol. The van der Waals surface area contributed by atoms with Crippen molar-refractivity contribution in [3.05, 3.63) is 65.5 Å². The minimum atomic E-state index is -3.81. The molecule has 0 amide bonds. The van der Waals surface area contributed by atoms with Gasteiger partial charge in [0.25, 0.3) is 0 Å². The summed E-state index contributed by atoms with van der Waals surface area (Å²) in [5, 5.41) is 4.33. The van der Waals surface area contributed by atoms with Crippen molar-refractivity contribution in [1.82, 2.24) is 14.4 Å². The molecular weight excluding hydrogens is 483 g/mol. The molecule has 4 rings (SSSR count). The number of aromatic nitrogens is 1. The standard InChI is InChI=1S/C26H33FN4O4S/c1-20-5-11-23(12-6-20)36(32,33)31(13-4-18-34-3)19-24-25(21-7-9-22(27)10-8-21)28-35-26(24)30-16-14-29(2)15-17-30/h5-12H,4,13-19H2,1-3H3. The van der Waals surface area contributed by atoms with E-state index in [4.69, 9.17) is 9.26 Å². The summed E-state index contributed by atoms with van der Waals surface area (Å²) in [6, 6.07) is 12.8. The summed E-state index contributed by atoms with van der Waals surface area (Å²) < 4.78 is 53.6. The van der Waals surface area contributed by atoms with Gasteiger partial charge in [0.1, 0.15) is 11.5 Å². The molecule has 1 aliphatic heterocycles. The first-order valence-electron chi connectivity index (χ1n) is 12.0. The van der Waals surface area contributed by atoms with Crippen molar-refractivity contribution in [2.75, 3.05) is 58.4 Å². The second-order valence-electron chi connectivity index (χ2n) is 9.11. The molecular formula is C26H33FN4O4S. The number of rotatable bonds is 10. The van der Waals surface area contributed by atoms with Gasteiger partial charge in [-0.3, -0.25) is 0 Å². The van der Waals surface area contributed by atoms with Gasteiger partial charge in [0.05, 0.1) is 10.5 Å². The first-order valence-corrected chi connectivity index (χ1v) is 13.5. The van der Waals surface area contributed by atoms with Crippen LogP contribution in [0.2, 0.25) is 0 Å². The van der Waals surface area contributed by atoms with E-state index in [9.17, 15) is 12.8 Å². The largest absolute Gasteiger partial charge is 0.385 e. The highest BCUT2D eigenvalue weighted by Gasteiger charge is 2.31. The molecule has 2 aromatic carbocycles. The van der Waals surface area contributed by atoms with Gasteiger partial charge in [-0.05, 0) is 56.8 Å². The van der Waals surface area contributed by atoms with Crippen LogP contribution >= 0.6 is 0 Å². The van der Waals surface area contributed by atoms with Crippen LogP contribution in [-0.2, 0) is 21.3 Å². The van der Waals surface area contributed by atoms with Crippen LogP contribution in [0.4, 0.5) is 10.3 Å². The maximum absolute atomic E-state index is 13.8. The summed E-state index contributed by atoms with van der Waals surface area (Å²) in [4.78, 5) is 4.56. The summed E-state index contributed by atoms with van der Waals surface area (Å²) >= 11 is 0. The zero-order valence-corrected chi connectivity index (χ0v) is 21.8. The van der Waals surface area contributed by atoms with Crippen molar-refractivity contribution >= 4 is 15.9 Å². The van der Waals surface area contributed by atoms with E-state index in [1.54, 1.807) is 43.5 Å². The lowest BCUT2D eigenvalue weighted by Gasteiger charge is -2.32. The predicted molar refractivity (Wildman–Crippen MR) is 137 cm³/mol. The van der Waals surface area contributed by atoms with E-state index in [0.717, 1.165) is 31.7 Å². The highest BCUT2D eigenvalue weighted by Crippen LogP contribution is 2.34. The van der Waals surface area contributed by atoms with Crippen molar-refractivity contribution in [1.29, 1.82) is 0 Å². The Bertz CT molecular complexity index is 1240. The second kappa shape index (κ2) is 11.5. The normalized spacial score (nSPS) is 15.1. The van der Waals surface area contributed by atoms with Gasteiger partial charge in [-0.25, -0.2) is 12.8 Å². The molecule has 10 heteroatoms. The molecule has 0 spiro atoms. The van der Waals surface area contributed by atoms with Crippen molar-refractivity contribution in [3.63, 3.8) is 0 Å². The molecule has 194 valence electrons. The molecule has 1 aliphatic rings. The number of benzene rings is 2. The molecule has 2 heterocycles. The molecule has 1 saturated heterocycles. The smallest absolute Gasteiger partial charge is 0.243 e. The van der Waals surface area contributed by atoms with Gasteiger partial charge < -0.3 is 19.1 Å². The molecule has 8 nitrogen and oxygen atoms in total. The lowest BCUT2D eigenvalue weighted by molar-refractivity contribution is 0.186. The number of hydrogen-bond donors (Lipinski definition) is 0. The molecule has 0 aliphatic carbocycles. The Hall–Kier alpha value is -2.79. The Balaban J connectivity index is 1.75. The van der Waals surface area contributed by atoms with Crippen LogP contribution in [0.5, 0.6) is 0 Å². The van der Waals surface area contributed by atoms with Crippen LogP contribution in [0.3, 0.4) is 0 Å². The molecule has 1 fully saturated rings. The predicted octanol–water partition coefficient (Wildman–Crippen LogP) is 3.77. The monoisotopic (exact) mass is 516 g/mol. The Morgan fingerprint density at radius 1 is 1.06 bits per heavy atom. The number of aryl methyl sites for hydroxylation is 1. The molecule has 0 bridgehead atoms. The SMILES string of the molecule is COCCCN(Cc1c(-c2ccc(F)cc2)noc1N1CCN(C)CC1)S(=O)(=O)c1ccc(C)cc1. The number of likely N-dealkylation sites (N-methyl/N-ethyl adjacent to an activating group) is 1. The van der Waals surface area contributed by atoms with E-state index in [1.165, 1.54) is 16.4 Å². The molecule has 0 saturated carbocycles. The van der Waals surface area contributed by atoms with Crippen LogP contribution in [0.25, 0.3) is 11.3 Å². The van der Waals surface area contributed by atoms with Gasteiger partial charge in [0.2, 0.25) is 15.9 Å². The number of nitrogens with zero attached hydrogens (tertiary/aromatic N) is 4. The molecule has 0 N–H and O–H groups in total. The maximum Gasteiger partial charge on any atom is 0.243 e. The van der Waals surface area contributed by atoms with Gasteiger partial charge in [-0.1, -0.05) is 22.9 Å². The highest BCUT2D eigenvalue weighted by molar-refractivity contribution is 7.89. The zero-order chi connectivity index (χ0) is 25.7. The summed E-state index contributed by atoms with van der Waals surface area (Å²) in [5.41, 5.74) is 2.83. The number of methoxy groups -OCH3 is 1. The first kappa shape index (κ1) is 26.3. The Morgan fingerprint density at radius 3 is 2.36 bits per heavy atom. The maximum atomic E-state index is 13.8. The molecule has 0 radical (unpaired) electrons. The zero-order valence-electron chi connectivity index (χ0n) is 21.0. The minimum absolute atomic E-state index is 0.0673. The lowest BCUT2D eigenvalue weighted by atomic mass is 10.1. The van der Waals surface area contributed by atoms with Crippen molar-refractivity contribution in [2.24, 2.45) is 0 Å². The highest BCUT2D eigenvalue weighted by atomic mass is 32.2. The van der Waals surface area contributed by atoms with Crippen molar-refractivity contribution in [3.8, 4) is 11.3 Å². The fourth-order valence-electron chi connectivity index (χ4n) is 4.24. The number of anilines is 1. The van der Waals surface area contributed by atoms with Crippen LogP contribution in [-0.4, -0.2) is 76.3 Å². The molecule has 3 aromatic rings. The molecule has 36 heavy (non-hydrogen) atoms. The fraction of sp³-hybridized carbons (Fsp3) is 0.423. The van der Waals surface area contributed by atoms with Crippen LogP contribution in [0.15, 0.2) is 57.9 Å². The van der Waals surface area contributed by atoms with Crippen LogP contribution in [0, 0.1) is 12.7 Å². The van der Waals surface area contributed by atoms with Crippen molar-refractivity contribution in [2.45, 2.75) is 24.8 Å². The molecule has 0 atom stereocenters. The van der Waals surface area contributed by atoms with Gasteiger partial charge in [-0.2, -0.15) is 4.31 Å². The number of ether oxygens (including phenoxy) is 1. The summed E-state index contributed by atoms with van der Waals surface area (Å²) in [6.07, 6.45) is 0.530. The van der Waals surface area contributed by atoms with E-state index in [0.29, 0.717) is 35.7 Å². The van der Waals surface area contributed by atoms with Gasteiger partial charge in [0.15, 0.2) is 0 Å². The number of sulfonamides is 1. The Morgan fingerprint density at radius 2 is 1.72 bits per heavy atom. The number of piperazine rings is 1. The van der Waals surface area contributed by atoms with E-state index in [1.807, 2.05) is 6.92 Å². The quantitative estimate of drug-likeness (QED) is 0.380. The molecule has 1 aromatic heterocycles. The van der Waals surface area contributed by atoms with Crippen LogP contribution in [0.1, 0.15) is 17.5 Å². The third-order valence-corrected chi connectivity index (χ3v) is 8.28. The Kier molecular flexibility index (Phi) is 8.40. The summed E-state index contributed by atoms with van der Waals surface area (Å²) in [7, 11) is -0.157. The average Bonchev–Trinajstić information content (AvgIpc) is 3.28. The minimum Gasteiger partial charge on any atom is -0.385 e. The van der Waals surface area contributed by atoms with E-state index < -0.39 is 10.0 Å². The third kappa shape index (κ3) is 5.95. The van der Waals surface area contributed by atoms with E-state index in [-0.39, 0.29) is 23.8 Å². The van der Waals surface area contributed by atoms with Gasteiger partial charge in [0, 0.05) is 58.5 Å². The molecule has 0 unspecified atom stereocenters. The third-order valence-electron chi connectivity index (χ3n) is 6.42. The Labute approximate surface area is 212 Å². The first-order chi connectivity index (χ1) is 17.3. The number of halogens is 1. The second-order valence-corrected chi connectivity index (χ2v) is 11.0.